The third-order valence-electron chi connectivity index (χ3n) is 3.93. The Hall–Kier alpha value is -1.59. The molecule has 5 nitrogen and oxygen atoms in total. The summed E-state index contributed by atoms with van der Waals surface area (Å²) in [4.78, 5) is 28.0. The van der Waals surface area contributed by atoms with Crippen molar-refractivity contribution in [1.82, 2.24) is 15.1 Å². The zero-order chi connectivity index (χ0) is 16.7. The SMILES string of the molecule is CCCNC(=O)CN1CCN(C(=O)Cc2ccc(Cl)cc2)CC1. The summed E-state index contributed by atoms with van der Waals surface area (Å²) in [6, 6.07) is 7.37. The van der Waals surface area contributed by atoms with E-state index in [2.05, 4.69) is 10.2 Å². The number of piperazine rings is 1. The summed E-state index contributed by atoms with van der Waals surface area (Å²) >= 11 is 5.85. The molecule has 0 saturated carbocycles. The van der Waals surface area contributed by atoms with E-state index in [4.69, 9.17) is 11.6 Å². The first-order chi connectivity index (χ1) is 11.1. The van der Waals surface area contributed by atoms with Crippen LogP contribution in [0.3, 0.4) is 0 Å². The van der Waals surface area contributed by atoms with E-state index in [1.54, 1.807) is 12.1 Å². The lowest BCUT2D eigenvalue weighted by atomic mass is 10.1. The molecule has 0 bridgehead atoms. The van der Waals surface area contributed by atoms with Crippen molar-refractivity contribution in [3.05, 3.63) is 34.9 Å². The number of hydrogen-bond acceptors (Lipinski definition) is 3. The average molecular weight is 338 g/mol. The molecule has 1 aromatic carbocycles. The Labute approximate surface area is 142 Å². The summed E-state index contributed by atoms with van der Waals surface area (Å²) in [6.45, 7) is 6.00. The van der Waals surface area contributed by atoms with Gasteiger partial charge in [0.05, 0.1) is 13.0 Å². The highest BCUT2D eigenvalue weighted by atomic mass is 35.5. The molecule has 0 aliphatic carbocycles. The fourth-order valence-electron chi connectivity index (χ4n) is 2.57. The molecule has 0 spiro atoms. The molecule has 1 N–H and O–H groups in total. The smallest absolute Gasteiger partial charge is 0.234 e. The molecule has 1 saturated heterocycles. The van der Waals surface area contributed by atoms with E-state index >= 15 is 0 Å². The van der Waals surface area contributed by atoms with Gasteiger partial charge in [0.2, 0.25) is 11.8 Å². The van der Waals surface area contributed by atoms with Crippen LogP contribution >= 0.6 is 11.6 Å². The van der Waals surface area contributed by atoms with Gasteiger partial charge in [-0.1, -0.05) is 30.7 Å². The summed E-state index contributed by atoms with van der Waals surface area (Å²) in [6.07, 6.45) is 1.34. The molecule has 126 valence electrons. The zero-order valence-electron chi connectivity index (χ0n) is 13.6. The number of carbonyl (C=O) groups is 2. The fraction of sp³-hybridized carbons (Fsp3) is 0.529. The number of benzene rings is 1. The molecule has 2 amide bonds. The van der Waals surface area contributed by atoms with Crippen molar-refractivity contribution in [1.29, 1.82) is 0 Å². The first-order valence-electron chi connectivity index (χ1n) is 8.09. The second kappa shape index (κ2) is 8.89. The van der Waals surface area contributed by atoms with E-state index in [0.717, 1.165) is 31.6 Å². The second-order valence-corrected chi connectivity index (χ2v) is 6.25. The Morgan fingerprint density at radius 1 is 1.13 bits per heavy atom. The monoisotopic (exact) mass is 337 g/mol. The number of halogens is 1. The molecule has 23 heavy (non-hydrogen) atoms. The number of nitrogens with one attached hydrogen (secondary N) is 1. The minimum Gasteiger partial charge on any atom is -0.355 e. The highest BCUT2D eigenvalue weighted by Gasteiger charge is 2.22. The molecule has 1 aliphatic heterocycles. The van der Waals surface area contributed by atoms with Crippen LogP contribution in [0.15, 0.2) is 24.3 Å². The summed E-state index contributed by atoms with van der Waals surface area (Å²) in [5.74, 6) is 0.190. The van der Waals surface area contributed by atoms with Crippen molar-refractivity contribution in [3.8, 4) is 0 Å². The van der Waals surface area contributed by atoms with Crippen LogP contribution in [0.1, 0.15) is 18.9 Å². The number of rotatable bonds is 6. The Morgan fingerprint density at radius 3 is 2.39 bits per heavy atom. The van der Waals surface area contributed by atoms with Gasteiger partial charge in [-0.2, -0.15) is 0 Å². The molecule has 0 atom stereocenters. The topological polar surface area (TPSA) is 52.7 Å². The van der Waals surface area contributed by atoms with Gasteiger partial charge >= 0.3 is 0 Å². The molecule has 1 heterocycles. The molecule has 6 heteroatoms. The Bertz CT molecular complexity index is 525. The molecular formula is C17H24ClN3O2. The largest absolute Gasteiger partial charge is 0.355 e. The number of hydrogen-bond donors (Lipinski definition) is 1. The molecule has 1 fully saturated rings. The lowest BCUT2D eigenvalue weighted by molar-refractivity contribution is -0.132. The predicted molar refractivity (Wildman–Crippen MR) is 91.5 cm³/mol. The van der Waals surface area contributed by atoms with Gasteiger partial charge in [0.15, 0.2) is 0 Å². The quantitative estimate of drug-likeness (QED) is 0.857. The highest BCUT2D eigenvalue weighted by Crippen LogP contribution is 2.11. The summed E-state index contributed by atoms with van der Waals surface area (Å²) in [5.41, 5.74) is 0.973. The highest BCUT2D eigenvalue weighted by molar-refractivity contribution is 6.30. The van der Waals surface area contributed by atoms with Crippen LogP contribution in [0.5, 0.6) is 0 Å². The van der Waals surface area contributed by atoms with Gasteiger partial charge < -0.3 is 10.2 Å². The first kappa shape index (κ1) is 17.8. The Balaban J connectivity index is 1.74. The maximum atomic E-state index is 12.3. The lowest BCUT2D eigenvalue weighted by Crippen LogP contribution is -2.51. The number of carbonyl (C=O) groups excluding carboxylic acids is 2. The van der Waals surface area contributed by atoms with E-state index in [1.807, 2.05) is 24.0 Å². The summed E-state index contributed by atoms with van der Waals surface area (Å²) < 4.78 is 0. The maximum Gasteiger partial charge on any atom is 0.234 e. The average Bonchev–Trinajstić information content (AvgIpc) is 2.55. The number of amides is 2. The third-order valence-corrected chi connectivity index (χ3v) is 4.18. The van der Waals surface area contributed by atoms with Crippen molar-refractivity contribution in [3.63, 3.8) is 0 Å². The van der Waals surface area contributed by atoms with Crippen LogP contribution in [0, 0.1) is 0 Å². The van der Waals surface area contributed by atoms with Gasteiger partial charge in [0, 0.05) is 37.7 Å². The second-order valence-electron chi connectivity index (χ2n) is 5.81. The van der Waals surface area contributed by atoms with Crippen LogP contribution in [-0.4, -0.2) is 60.9 Å². The molecule has 2 rings (SSSR count). The fourth-order valence-corrected chi connectivity index (χ4v) is 2.69. The van der Waals surface area contributed by atoms with Gasteiger partial charge in [0.25, 0.3) is 0 Å². The molecule has 0 aromatic heterocycles. The van der Waals surface area contributed by atoms with E-state index in [1.165, 1.54) is 0 Å². The molecule has 0 unspecified atom stereocenters. The van der Waals surface area contributed by atoms with Crippen LogP contribution < -0.4 is 5.32 Å². The molecule has 0 radical (unpaired) electrons. The van der Waals surface area contributed by atoms with Crippen molar-refractivity contribution in [2.24, 2.45) is 0 Å². The molecule has 1 aliphatic rings. The van der Waals surface area contributed by atoms with Crippen LogP contribution in [-0.2, 0) is 16.0 Å². The van der Waals surface area contributed by atoms with E-state index < -0.39 is 0 Å². The lowest BCUT2D eigenvalue weighted by Gasteiger charge is -2.34. The van der Waals surface area contributed by atoms with Crippen molar-refractivity contribution >= 4 is 23.4 Å². The summed E-state index contributed by atoms with van der Waals surface area (Å²) in [5, 5.41) is 3.56. The van der Waals surface area contributed by atoms with Crippen molar-refractivity contribution < 1.29 is 9.59 Å². The van der Waals surface area contributed by atoms with Gasteiger partial charge in [-0.25, -0.2) is 0 Å². The molecule has 1 aromatic rings. The van der Waals surface area contributed by atoms with E-state index in [-0.39, 0.29) is 11.8 Å². The predicted octanol–water partition coefficient (Wildman–Crippen LogP) is 1.55. The number of nitrogens with zero attached hydrogens (tertiary/aromatic N) is 2. The van der Waals surface area contributed by atoms with Crippen molar-refractivity contribution in [2.75, 3.05) is 39.3 Å². The summed E-state index contributed by atoms with van der Waals surface area (Å²) in [7, 11) is 0. The van der Waals surface area contributed by atoms with E-state index in [0.29, 0.717) is 31.1 Å². The van der Waals surface area contributed by atoms with E-state index in [9.17, 15) is 9.59 Å². The Kier molecular flexibility index (Phi) is 6.86. The maximum absolute atomic E-state index is 12.3. The minimum atomic E-state index is 0.0628. The molecular weight excluding hydrogens is 314 g/mol. The minimum absolute atomic E-state index is 0.0628. The standard InChI is InChI=1S/C17H24ClN3O2/c1-2-7-19-16(22)13-20-8-10-21(11-9-20)17(23)12-14-3-5-15(18)6-4-14/h3-6H,2,7-13H2,1H3,(H,19,22). The third kappa shape index (κ3) is 5.84. The van der Waals surface area contributed by atoms with Crippen LogP contribution in [0.25, 0.3) is 0 Å². The zero-order valence-corrected chi connectivity index (χ0v) is 14.3. The van der Waals surface area contributed by atoms with Crippen LogP contribution in [0.2, 0.25) is 5.02 Å². The van der Waals surface area contributed by atoms with Gasteiger partial charge in [-0.15, -0.1) is 0 Å². The normalized spacial score (nSPS) is 15.5. The van der Waals surface area contributed by atoms with Gasteiger partial charge in [0.1, 0.15) is 0 Å². The van der Waals surface area contributed by atoms with Crippen molar-refractivity contribution in [2.45, 2.75) is 19.8 Å². The van der Waals surface area contributed by atoms with Gasteiger partial charge in [-0.05, 0) is 24.1 Å². The first-order valence-corrected chi connectivity index (χ1v) is 8.47. The van der Waals surface area contributed by atoms with Gasteiger partial charge in [-0.3, -0.25) is 14.5 Å². The Morgan fingerprint density at radius 2 is 1.78 bits per heavy atom. The van der Waals surface area contributed by atoms with Crippen LogP contribution in [0.4, 0.5) is 0 Å².